The summed E-state index contributed by atoms with van der Waals surface area (Å²) in [5.74, 6) is 0.518. The van der Waals surface area contributed by atoms with Crippen LogP contribution in [0.2, 0.25) is 0 Å². The van der Waals surface area contributed by atoms with Crippen LogP contribution in [0.15, 0.2) is 42.7 Å². The maximum atomic E-state index is 12.7. The molecule has 2 aromatic rings. The van der Waals surface area contributed by atoms with Gasteiger partial charge in [-0.05, 0) is 44.0 Å². The van der Waals surface area contributed by atoms with Crippen LogP contribution in [-0.2, 0) is 11.3 Å². The molecule has 124 valence electrons. The van der Waals surface area contributed by atoms with Crippen LogP contribution < -0.4 is 4.74 Å². The van der Waals surface area contributed by atoms with E-state index < -0.39 is 6.10 Å². The quantitative estimate of drug-likeness (QED) is 0.845. The number of rotatable bonds is 5. The molecule has 1 amide bonds. The Morgan fingerprint density at radius 3 is 3.12 bits per heavy atom. The molecular weight excluding hydrogens is 304 g/mol. The predicted octanol–water partition coefficient (Wildman–Crippen LogP) is 2.21. The molecule has 0 spiro atoms. The van der Waals surface area contributed by atoms with E-state index in [4.69, 9.17) is 10.00 Å². The molecule has 6 heteroatoms. The summed E-state index contributed by atoms with van der Waals surface area (Å²) < 4.78 is 7.61. The lowest BCUT2D eigenvalue weighted by Crippen LogP contribution is -2.44. The summed E-state index contributed by atoms with van der Waals surface area (Å²) in [4.78, 5) is 14.6. The Hall–Kier alpha value is -2.81. The van der Waals surface area contributed by atoms with Gasteiger partial charge in [-0.2, -0.15) is 10.4 Å². The largest absolute Gasteiger partial charge is 0.481 e. The number of ether oxygens (including phenoxy) is 1. The van der Waals surface area contributed by atoms with Crippen molar-refractivity contribution < 1.29 is 9.53 Å². The average molecular weight is 324 g/mol. The smallest absolute Gasteiger partial charge is 0.263 e. The van der Waals surface area contributed by atoms with Crippen LogP contribution in [0.4, 0.5) is 0 Å². The van der Waals surface area contributed by atoms with Crippen LogP contribution in [0.3, 0.4) is 0 Å². The molecule has 3 rings (SSSR count). The first-order valence-electron chi connectivity index (χ1n) is 8.12. The molecule has 0 unspecified atom stereocenters. The lowest BCUT2D eigenvalue weighted by Gasteiger charge is -2.27. The minimum atomic E-state index is -0.586. The van der Waals surface area contributed by atoms with Crippen molar-refractivity contribution in [1.29, 1.82) is 5.26 Å². The number of aromatic nitrogens is 2. The number of carbonyl (C=O) groups excluding carboxylic acids is 1. The highest BCUT2D eigenvalue weighted by atomic mass is 16.5. The zero-order valence-corrected chi connectivity index (χ0v) is 13.6. The number of hydrogen-bond donors (Lipinski definition) is 0. The van der Waals surface area contributed by atoms with Gasteiger partial charge in [-0.1, -0.05) is 6.07 Å². The molecular formula is C18H20N4O2. The zero-order chi connectivity index (χ0) is 16.9. The van der Waals surface area contributed by atoms with Gasteiger partial charge in [0, 0.05) is 18.9 Å². The Labute approximate surface area is 141 Å². The lowest BCUT2D eigenvalue weighted by atomic mass is 10.2. The van der Waals surface area contributed by atoms with Crippen molar-refractivity contribution in [1.82, 2.24) is 14.7 Å². The van der Waals surface area contributed by atoms with Crippen LogP contribution in [0.25, 0.3) is 0 Å². The fraction of sp³-hybridized carbons (Fsp3) is 0.389. The van der Waals surface area contributed by atoms with Crippen LogP contribution in [0.5, 0.6) is 5.75 Å². The van der Waals surface area contributed by atoms with E-state index in [9.17, 15) is 4.79 Å². The Bertz CT molecular complexity index is 736. The SMILES string of the molecule is C[C@@H](Oc1cccc(C#N)c1)C(=O)N1CCC[C@H]1Cn1cccn1. The van der Waals surface area contributed by atoms with Gasteiger partial charge in [0.05, 0.1) is 24.2 Å². The van der Waals surface area contributed by atoms with E-state index in [0.29, 0.717) is 17.9 Å². The molecule has 6 nitrogen and oxygen atoms in total. The molecule has 1 fully saturated rings. The number of amides is 1. The molecule has 1 aliphatic heterocycles. The van der Waals surface area contributed by atoms with Crippen LogP contribution in [-0.4, -0.2) is 39.3 Å². The number of benzene rings is 1. The van der Waals surface area contributed by atoms with Crippen molar-refractivity contribution in [3.8, 4) is 11.8 Å². The third kappa shape index (κ3) is 3.57. The number of carbonyl (C=O) groups is 1. The first-order valence-corrected chi connectivity index (χ1v) is 8.12. The molecule has 24 heavy (non-hydrogen) atoms. The number of likely N-dealkylation sites (tertiary alicyclic amines) is 1. The van der Waals surface area contributed by atoms with Gasteiger partial charge < -0.3 is 9.64 Å². The maximum Gasteiger partial charge on any atom is 0.263 e. The number of nitrogens with zero attached hydrogens (tertiary/aromatic N) is 4. The zero-order valence-electron chi connectivity index (χ0n) is 13.6. The fourth-order valence-electron chi connectivity index (χ4n) is 3.07. The second-order valence-electron chi connectivity index (χ2n) is 5.96. The van der Waals surface area contributed by atoms with Crippen molar-refractivity contribution in [2.45, 2.75) is 38.5 Å². The van der Waals surface area contributed by atoms with E-state index in [2.05, 4.69) is 11.2 Å². The van der Waals surface area contributed by atoms with E-state index in [0.717, 1.165) is 19.4 Å². The van der Waals surface area contributed by atoms with Gasteiger partial charge in [-0.25, -0.2) is 0 Å². The van der Waals surface area contributed by atoms with Gasteiger partial charge in [0.25, 0.3) is 5.91 Å². The van der Waals surface area contributed by atoms with Crippen molar-refractivity contribution in [3.05, 3.63) is 48.3 Å². The molecule has 2 heterocycles. The van der Waals surface area contributed by atoms with E-state index in [1.54, 1.807) is 37.4 Å². The minimum absolute atomic E-state index is 0.0213. The minimum Gasteiger partial charge on any atom is -0.481 e. The summed E-state index contributed by atoms with van der Waals surface area (Å²) in [5.41, 5.74) is 0.518. The van der Waals surface area contributed by atoms with E-state index in [1.165, 1.54) is 0 Å². The topological polar surface area (TPSA) is 71.2 Å². The molecule has 0 bridgehead atoms. The maximum absolute atomic E-state index is 12.7. The summed E-state index contributed by atoms with van der Waals surface area (Å²) >= 11 is 0. The standard InChI is InChI=1S/C18H20N4O2/c1-14(24-17-7-2-5-15(11-17)12-19)18(23)22-10-3-6-16(22)13-21-9-4-8-20-21/h2,4-5,7-9,11,14,16H,3,6,10,13H2,1H3/t14-,16+/m1/s1. The van der Waals surface area contributed by atoms with E-state index in [1.807, 2.05) is 21.8 Å². The molecule has 1 aliphatic rings. The molecule has 0 radical (unpaired) electrons. The van der Waals surface area contributed by atoms with Gasteiger partial charge in [0.15, 0.2) is 6.10 Å². The van der Waals surface area contributed by atoms with Gasteiger partial charge in [0.2, 0.25) is 0 Å². The van der Waals surface area contributed by atoms with E-state index in [-0.39, 0.29) is 11.9 Å². The molecule has 2 atom stereocenters. The van der Waals surface area contributed by atoms with E-state index >= 15 is 0 Å². The second-order valence-corrected chi connectivity index (χ2v) is 5.96. The first-order chi connectivity index (χ1) is 11.7. The van der Waals surface area contributed by atoms with Crippen molar-refractivity contribution in [3.63, 3.8) is 0 Å². The molecule has 0 N–H and O–H groups in total. The highest BCUT2D eigenvalue weighted by Crippen LogP contribution is 2.22. The Balaban J connectivity index is 1.64. The summed E-state index contributed by atoms with van der Waals surface area (Å²) in [6.07, 6.45) is 5.04. The molecule has 0 saturated carbocycles. The van der Waals surface area contributed by atoms with Crippen molar-refractivity contribution in [2.24, 2.45) is 0 Å². The highest BCUT2D eigenvalue weighted by molar-refractivity contribution is 5.81. The van der Waals surface area contributed by atoms with Crippen molar-refractivity contribution >= 4 is 5.91 Å². The van der Waals surface area contributed by atoms with Gasteiger partial charge in [0.1, 0.15) is 5.75 Å². The molecule has 1 aromatic heterocycles. The monoisotopic (exact) mass is 324 g/mol. The Morgan fingerprint density at radius 1 is 1.50 bits per heavy atom. The van der Waals surface area contributed by atoms with Crippen LogP contribution in [0.1, 0.15) is 25.3 Å². The summed E-state index contributed by atoms with van der Waals surface area (Å²) in [5, 5.41) is 13.2. The summed E-state index contributed by atoms with van der Waals surface area (Å²) in [6.45, 7) is 3.21. The lowest BCUT2D eigenvalue weighted by molar-refractivity contribution is -0.139. The second kappa shape index (κ2) is 7.18. The predicted molar refractivity (Wildman–Crippen MR) is 88.2 cm³/mol. The Morgan fingerprint density at radius 2 is 2.38 bits per heavy atom. The first kappa shape index (κ1) is 16.1. The Kier molecular flexibility index (Phi) is 4.80. The van der Waals surface area contributed by atoms with Crippen LogP contribution in [0, 0.1) is 11.3 Å². The third-order valence-corrected chi connectivity index (χ3v) is 4.24. The van der Waals surface area contributed by atoms with Gasteiger partial charge in [-0.3, -0.25) is 9.48 Å². The van der Waals surface area contributed by atoms with Gasteiger partial charge >= 0.3 is 0 Å². The van der Waals surface area contributed by atoms with Crippen LogP contribution >= 0.6 is 0 Å². The molecule has 1 saturated heterocycles. The third-order valence-electron chi connectivity index (χ3n) is 4.24. The highest BCUT2D eigenvalue weighted by Gasteiger charge is 2.32. The summed E-state index contributed by atoms with van der Waals surface area (Å²) in [7, 11) is 0. The van der Waals surface area contributed by atoms with Gasteiger partial charge in [-0.15, -0.1) is 0 Å². The average Bonchev–Trinajstić information content (AvgIpc) is 3.26. The number of nitriles is 1. The fourth-order valence-corrected chi connectivity index (χ4v) is 3.07. The van der Waals surface area contributed by atoms with Crippen molar-refractivity contribution in [2.75, 3.05) is 6.54 Å². The number of hydrogen-bond acceptors (Lipinski definition) is 4. The normalized spacial score (nSPS) is 18.2. The summed E-state index contributed by atoms with van der Waals surface area (Å²) in [6, 6.07) is 11.0. The molecule has 1 aromatic carbocycles. The molecule has 0 aliphatic carbocycles.